The van der Waals surface area contributed by atoms with E-state index in [-0.39, 0.29) is 24.3 Å². The van der Waals surface area contributed by atoms with Gasteiger partial charge in [0.25, 0.3) is 0 Å². The van der Waals surface area contributed by atoms with E-state index < -0.39 is 6.04 Å². The Hall–Kier alpha value is -3.48. The zero-order valence-electron chi connectivity index (χ0n) is 20.0. The lowest BCUT2D eigenvalue weighted by Crippen LogP contribution is -2.52. The molecule has 2 aliphatic rings. The molecule has 0 bridgehead atoms. The number of guanidine groups is 1. The number of amides is 2. The molecule has 2 fully saturated rings. The highest BCUT2D eigenvalue weighted by Gasteiger charge is 2.30. The van der Waals surface area contributed by atoms with Crippen LogP contribution in [0.2, 0.25) is 0 Å². The Bertz CT molecular complexity index is 923. The number of rotatable bonds is 8. The molecule has 1 atom stereocenters. The first-order chi connectivity index (χ1) is 16.5. The molecular formula is C24H34N6O4. The quantitative estimate of drug-likeness (QED) is 0.254. The molecule has 3 rings (SSSR count). The van der Waals surface area contributed by atoms with Crippen molar-refractivity contribution in [1.82, 2.24) is 20.4 Å². The molecule has 10 heteroatoms. The summed E-state index contributed by atoms with van der Waals surface area (Å²) in [5.41, 5.74) is 0.930. The van der Waals surface area contributed by atoms with E-state index in [1.54, 1.807) is 19.1 Å². The largest absolute Gasteiger partial charge is 0.497 e. The van der Waals surface area contributed by atoms with Crippen LogP contribution in [0, 0.1) is 11.5 Å². The number of nitrogens with zero attached hydrogens (tertiary/aromatic N) is 4. The molecule has 0 radical (unpaired) electrons. The third-order valence-electron chi connectivity index (χ3n) is 6.19. The normalized spacial score (nSPS) is 18.8. The van der Waals surface area contributed by atoms with Crippen LogP contribution >= 0.6 is 0 Å². The van der Waals surface area contributed by atoms with E-state index in [1.165, 1.54) is 0 Å². The molecule has 2 heterocycles. The first kappa shape index (κ1) is 25.1. The van der Waals surface area contributed by atoms with Gasteiger partial charge < -0.3 is 24.6 Å². The van der Waals surface area contributed by atoms with Gasteiger partial charge in [-0.2, -0.15) is 5.26 Å². The molecule has 0 spiro atoms. The number of hydrogen-bond acceptors (Lipinski definition) is 6. The molecule has 1 aromatic carbocycles. The average molecular weight is 471 g/mol. The highest BCUT2D eigenvalue weighted by molar-refractivity contribution is 5.92. The van der Waals surface area contributed by atoms with E-state index in [0.717, 1.165) is 55.8 Å². The maximum atomic E-state index is 13.2. The zero-order chi connectivity index (χ0) is 24.3. The van der Waals surface area contributed by atoms with Crippen LogP contribution in [0.5, 0.6) is 11.5 Å². The van der Waals surface area contributed by atoms with Gasteiger partial charge in [0.15, 0.2) is 6.19 Å². The van der Waals surface area contributed by atoms with Gasteiger partial charge in [0.1, 0.15) is 17.5 Å². The molecule has 2 N–H and O–H groups in total. The monoisotopic (exact) mass is 470 g/mol. The molecule has 0 aliphatic carbocycles. The van der Waals surface area contributed by atoms with Crippen LogP contribution < -0.4 is 20.1 Å². The second-order valence-electron chi connectivity index (χ2n) is 8.44. The Kier molecular flexibility index (Phi) is 9.38. The molecule has 0 aromatic heterocycles. The topological polar surface area (TPSA) is 119 Å². The van der Waals surface area contributed by atoms with Crippen molar-refractivity contribution in [3.8, 4) is 17.7 Å². The lowest BCUT2D eigenvalue weighted by Gasteiger charge is -2.27. The highest BCUT2D eigenvalue weighted by Crippen LogP contribution is 2.24. The first-order valence-electron chi connectivity index (χ1n) is 11.8. The Morgan fingerprint density at radius 3 is 2.65 bits per heavy atom. The van der Waals surface area contributed by atoms with E-state index in [1.807, 2.05) is 29.3 Å². The van der Waals surface area contributed by atoms with Gasteiger partial charge in [-0.1, -0.05) is 0 Å². The number of benzene rings is 1. The van der Waals surface area contributed by atoms with Crippen molar-refractivity contribution >= 4 is 17.8 Å². The molecule has 1 aromatic rings. The van der Waals surface area contributed by atoms with Crippen LogP contribution in [0.25, 0.3) is 0 Å². The second kappa shape index (κ2) is 12.7. The standard InChI is InChI=1S/C24H34N6O4/c1-33-19-8-9-21(34-2)18(15-19)10-11-26-24(27-17-25)28-20-7-3-4-14-30(23(20)32)16-22(31)29-12-5-6-13-29/h8-9,15,20H,3-7,10-14,16H2,1-2H3,(H2,26,27,28). The molecule has 2 saturated heterocycles. The Morgan fingerprint density at radius 2 is 1.94 bits per heavy atom. The maximum Gasteiger partial charge on any atom is 0.245 e. The van der Waals surface area contributed by atoms with E-state index in [2.05, 4.69) is 15.6 Å². The minimum absolute atomic E-state index is 0.00257. The predicted octanol–water partition coefficient (Wildman–Crippen LogP) is 1.27. The molecule has 1 unspecified atom stereocenters. The lowest BCUT2D eigenvalue weighted by molar-refractivity contribution is -0.140. The summed E-state index contributed by atoms with van der Waals surface area (Å²) in [5, 5.41) is 14.8. The number of methoxy groups -OCH3 is 2. The first-order valence-corrected chi connectivity index (χ1v) is 11.8. The summed E-state index contributed by atoms with van der Waals surface area (Å²) in [7, 11) is 3.21. The van der Waals surface area contributed by atoms with Crippen LogP contribution in [0.15, 0.2) is 23.2 Å². The van der Waals surface area contributed by atoms with Crippen molar-refractivity contribution in [2.24, 2.45) is 4.99 Å². The average Bonchev–Trinajstić information content (AvgIpc) is 3.34. The molecular weight excluding hydrogens is 436 g/mol. The number of hydrogen-bond donors (Lipinski definition) is 2. The molecule has 184 valence electrons. The fraction of sp³-hybridized carbons (Fsp3) is 0.583. The summed E-state index contributed by atoms with van der Waals surface area (Å²) in [6.07, 6.45) is 6.78. The summed E-state index contributed by atoms with van der Waals surface area (Å²) in [6.45, 7) is 2.57. The van der Waals surface area contributed by atoms with E-state index in [4.69, 9.17) is 9.47 Å². The number of aliphatic imine (C=N–C) groups is 1. The molecule has 2 aliphatic heterocycles. The SMILES string of the molecule is COc1ccc(OC)c(CCN=C(NC#N)NC2CCCCN(CC(=O)N3CCCC3)C2=O)c1. The van der Waals surface area contributed by atoms with Crippen LogP contribution in [-0.2, 0) is 16.0 Å². The number of nitrogens with one attached hydrogen (secondary N) is 2. The zero-order valence-corrected chi connectivity index (χ0v) is 20.0. The summed E-state index contributed by atoms with van der Waals surface area (Å²) >= 11 is 0. The van der Waals surface area contributed by atoms with Crippen LogP contribution in [0.1, 0.15) is 37.7 Å². The predicted molar refractivity (Wildman–Crippen MR) is 127 cm³/mol. The van der Waals surface area contributed by atoms with Crippen LogP contribution in [-0.4, -0.2) is 80.6 Å². The summed E-state index contributed by atoms with van der Waals surface area (Å²) in [4.78, 5) is 33.7. The minimum atomic E-state index is -0.542. The Morgan fingerprint density at radius 1 is 1.18 bits per heavy atom. The Labute approximate surface area is 200 Å². The number of likely N-dealkylation sites (tertiary alicyclic amines) is 2. The molecule has 0 saturated carbocycles. The van der Waals surface area contributed by atoms with Crippen molar-refractivity contribution in [3.63, 3.8) is 0 Å². The van der Waals surface area contributed by atoms with E-state index in [0.29, 0.717) is 25.9 Å². The molecule has 10 nitrogen and oxygen atoms in total. The van der Waals surface area contributed by atoms with E-state index in [9.17, 15) is 14.9 Å². The van der Waals surface area contributed by atoms with Gasteiger partial charge in [0.2, 0.25) is 17.8 Å². The van der Waals surface area contributed by atoms with Gasteiger partial charge >= 0.3 is 0 Å². The van der Waals surface area contributed by atoms with Crippen molar-refractivity contribution in [1.29, 1.82) is 5.26 Å². The summed E-state index contributed by atoms with van der Waals surface area (Å²) in [5.74, 6) is 1.57. The fourth-order valence-electron chi connectivity index (χ4n) is 4.33. The van der Waals surface area contributed by atoms with Crippen LogP contribution in [0.3, 0.4) is 0 Å². The highest BCUT2D eigenvalue weighted by atomic mass is 16.5. The van der Waals surface area contributed by atoms with Crippen LogP contribution in [0.4, 0.5) is 0 Å². The van der Waals surface area contributed by atoms with Gasteiger partial charge in [-0.15, -0.1) is 0 Å². The smallest absolute Gasteiger partial charge is 0.245 e. The van der Waals surface area contributed by atoms with Gasteiger partial charge in [-0.25, -0.2) is 0 Å². The van der Waals surface area contributed by atoms with Crippen molar-refractivity contribution in [3.05, 3.63) is 23.8 Å². The number of carbonyl (C=O) groups is 2. The molecule has 2 amide bonds. The van der Waals surface area contributed by atoms with Crippen molar-refractivity contribution < 1.29 is 19.1 Å². The fourth-order valence-corrected chi connectivity index (χ4v) is 4.33. The van der Waals surface area contributed by atoms with E-state index >= 15 is 0 Å². The van der Waals surface area contributed by atoms with Gasteiger partial charge in [-0.05, 0) is 62.3 Å². The number of carbonyl (C=O) groups excluding carboxylic acids is 2. The van der Waals surface area contributed by atoms with Gasteiger partial charge in [-0.3, -0.25) is 19.9 Å². The third kappa shape index (κ3) is 6.76. The Balaban J connectivity index is 1.63. The van der Waals surface area contributed by atoms with Crippen molar-refractivity contribution in [2.45, 2.75) is 44.6 Å². The van der Waals surface area contributed by atoms with Gasteiger partial charge in [0.05, 0.1) is 20.8 Å². The minimum Gasteiger partial charge on any atom is -0.497 e. The van der Waals surface area contributed by atoms with Crippen molar-refractivity contribution in [2.75, 3.05) is 46.9 Å². The maximum absolute atomic E-state index is 13.2. The summed E-state index contributed by atoms with van der Waals surface area (Å²) in [6, 6.07) is 5.02. The second-order valence-corrected chi connectivity index (χ2v) is 8.44. The number of ether oxygens (including phenoxy) is 2. The molecule has 34 heavy (non-hydrogen) atoms. The van der Waals surface area contributed by atoms with Gasteiger partial charge in [0, 0.05) is 26.2 Å². The summed E-state index contributed by atoms with van der Waals surface area (Å²) < 4.78 is 10.7. The lowest BCUT2D eigenvalue weighted by atomic mass is 10.1. The number of nitriles is 1. The third-order valence-corrected chi connectivity index (χ3v) is 6.19.